The lowest BCUT2D eigenvalue weighted by Gasteiger charge is -2.23. The van der Waals surface area contributed by atoms with Crippen LogP contribution in [0.3, 0.4) is 0 Å². The molecule has 0 aliphatic carbocycles. The van der Waals surface area contributed by atoms with E-state index in [4.69, 9.17) is 5.73 Å². The molecule has 1 amide bonds. The molecule has 5 heteroatoms. The SMILES string of the molecule is CC.NC(=O)c1cccc2cn(-c3ccc(C4CCCNC4)cc3)nc12. The highest BCUT2D eigenvalue weighted by molar-refractivity contribution is 6.04. The number of benzene rings is 2. The van der Waals surface area contributed by atoms with E-state index in [1.165, 1.54) is 18.4 Å². The summed E-state index contributed by atoms with van der Waals surface area (Å²) in [6.45, 7) is 6.17. The van der Waals surface area contributed by atoms with Crippen LogP contribution in [-0.2, 0) is 0 Å². The van der Waals surface area contributed by atoms with Crippen LogP contribution in [0.15, 0.2) is 48.7 Å². The quantitative estimate of drug-likeness (QED) is 0.758. The van der Waals surface area contributed by atoms with Crippen molar-refractivity contribution >= 4 is 16.8 Å². The molecule has 4 rings (SSSR count). The van der Waals surface area contributed by atoms with Crippen LogP contribution in [0.5, 0.6) is 0 Å². The van der Waals surface area contributed by atoms with Crippen molar-refractivity contribution in [2.45, 2.75) is 32.6 Å². The Morgan fingerprint density at radius 2 is 1.96 bits per heavy atom. The van der Waals surface area contributed by atoms with Crippen LogP contribution in [0.25, 0.3) is 16.6 Å². The maximum Gasteiger partial charge on any atom is 0.250 e. The Morgan fingerprint density at radius 3 is 2.62 bits per heavy atom. The average molecular weight is 350 g/mol. The van der Waals surface area contributed by atoms with Gasteiger partial charge in [0.05, 0.1) is 11.3 Å². The van der Waals surface area contributed by atoms with Crippen LogP contribution in [0, 0.1) is 0 Å². The Balaban J connectivity index is 0.000000948. The molecule has 26 heavy (non-hydrogen) atoms. The number of carbonyl (C=O) groups excluding carboxylic acids is 1. The molecule has 3 aromatic rings. The minimum atomic E-state index is -0.453. The molecule has 3 N–H and O–H groups in total. The van der Waals surface area contributed by atoms with E-state index in [1.807, 2.05) is 32.2 Å². The zero-order valence-corrected chi connectivity index (χ0v) is 15.4. The number of rotatable bonds is 3. The average Bonchev–Trinajstić information content (AvgIpc) is 3.14. The van der Waals surface area contributed by atoms with Gasteiger partial charge in [0.2, 0.25) is 0 Å². The first-order valence-electron chi connectivity index (χ1n) is 9.31. The summed E-state index contributed by atoms with van der Waals surface area (Å²) in [6.07, 6.45) is 4.39. The third-order valence-electron chi connectivity index (χ3n) is 4.73. The van der Waals surface area contributed by atoms with E-state index in [1.54, 1.807) is 10.7 Å². The van der Waals surface area contributed by atoms with Gasteiger partial charge in [-0.2, -0.15) is 5.10 Å². The molecule has 0 spiro atoms. The molecular weight excluding hydrogens is 324 g/mol. The highest BCUT2D eigenvalue weighted by Gasteiger charge is 2.15. The van der Waals surface area contributed by atoms with Crippen molar-refractivity contribution < 1.29 is 4.79 Å². The van der Waals surface area contributed by atoms with Crippen LogP contribution in [0.2, 0.25) is 0 Å². The fraction of sp³-hybridized carbons (Fsp3) is 0.333. The van der Waals surface area contributed by atoms with E-state index in [9.17, 15) is 4.79 Å². The molecule has 0 saturated carbocycles. The van der Waals surface area contributed by atoms with Gasteiger partial charge in [0.25, 0.3) is 5.91 Å². The molecule has 1 fully saturated rings. The predicted molar refractivity (Wildman–Crippen MR) is 106 cm³/mol. The van der Waals surface area contributed by atoms with E-state index < -0.39 is 5.91 Å². The van der Waals surface area contributed by atoms with E-state index in [0.29, 0.717) is 17.0 Å². The fourth-order valence-corrected chi connectivity index (χ4v) is 3.41. The maximum atomic E-state index is 11.5. The van der Waals surface area contributed by atoms with Crippen molar-refractivity contribution in [3.8, 4) is 5.69 Å². The number of aromatic nitrogens is 2. The van der Waals surface area contributed by atoms with E-state index >= 15 is 0 Å². The highest BCUT2D eigenvalue weighted by Crippen LogP contribution is 2.25. The number of carbonyl (C=O) groups is 1. The largest absolute Gasteiger partial charge is 0.366 e. The lowest BCUT2D eigenvalue weighted by molar-refractivity contribution is 0.100. The molecule has 2 aromatic carbocycles. The third kappa shape index (κ3) is 3.63. The van der Waals surface area contributed by atoms with Crippen molar-refractivity contribution in [2.24, 2.45) is 5.73 Å². The fourth-order valence-electron chi connectivity index (χ4n) is 3.41. The molecule has 1 atom stereocenters. The Bertz CT molecular complexity index is 877. The van der Waals surface area contributed by atoms with Crippen molar-refractivity contribution in [2.75, 3.05) is 13.1 Å². The highest BCUT2D eigenvalue weighted by atomic mass is 16.1. The van der Waals surface area contributed by atoms with Crippen LogP contribution >= 0.6 is 0 Å². The lowest BCUT2D eigenvalue weighted by Crippen LogP contribution is -2.28. The zero-order valence-electron chi connectivity index (χ0n) is 15.4. The number of primary amides is 1. The third-order valence-corrected chi connectivity index (χ3v) is 4.73. The smallest absolute Gasteiger partial charge is 0.250 e. The molecule has 136 valence electrons. The van der Waals surface area contributed by atoms with Crippen molar-refractivity contribution in [1.82, 2.24) is 15.1 Å². The van der Waals surface area contributed by atoms with Gasteiger partial charge in [-0.3, -0.25) is 4.79 Å². The van der Waals surface area contributed by atoms with Crippen LogP contribution in [-0.4, -0.2) is 28.8 Å². The van der Waals surface area contributed by atoms with Crippen LogP contribution in [0.4, 0.5) is 0 Å². The maximum absolute atomic E-state index is 11.5. The Morgan fingerprint density at radius 1 is 1.19 bits per heavy atom. The minimum absolute atomic E-state index is 0.453. The standard InChI is InChI=1S/C19H20N4O.C2H6/c20-19(24)17-5-1-3-15-12-23(22-18(15)17)16-8-6-13(7-9-16)14-4-2-10-21-11-14;1-2/h1,3,5-9,12,14,21H,2,4,10-11H2,(H2,20,24);1-2H3. The second-order valence-corrected chi connectivity index (χ2v) is 6.32. The summed E-state index contributed by atoms with van der Waals surface area (Å²) < 4.78 is 1.81. The molecule has 5 nitrogen and oxygen atoms in total. The molecule has 1 aliphatic rings. The predicted octanol–water partition coefficient (Wildman–Crippen LogP) is 3.62. The second-order valence-electron chi connectivity index (χ2n) is 6.32. The Labute approximate surface area is 154 Å². The number of hydrogen-bond acceptors (Lipinski definition) is 3. The monoisotopic (exact) mass is 350 g/mol. The number of hydrogen-bond donors (Lipinski definition) is 2. The number of piperidine rings is 1. The minimum Gasteiger partial charge on any atom is -0.366 e. The van der Waals surface area contributed by atoms with Crippen LogP contribution in [0.1, 0.15) is 48.5 Å². The summed E-state index contributed by atoms with van der Waals surface area (Å²) in [7, 11) is 0. The first-order valence-corrected chi connectivity index (χ1v) is 9.31. The van der Waals surface area contributed by atoms with Gasteiger partial charge in [-0.1, -0.05) is 38.1 Å². The Hall–Kier alpha value is -2.66. The van der Waals surface area contributed by atoms with E-state index in [0.717, 1.165) is 24.2 Å². The number of amides is 1. The summed E-state index contributed by atoms with van der Waals surface area (Å²) in [5, 5.41) is 8.91. The summed E-state index contributed by atoms with van der Waals surface area (Å²) in [5.41, 5.74) is 8.88. The number of fused-ring (bicyclic) bond motifs is 1. The molecular formula is C21H26N4O. The van der Waals surface area contributed by atoms with Crippen molar-refractivity contribution in [3.63, 3.8) is 0 Å². The number of nitrogens with one attached hydrogen (secondary N) is 1. The normalized spacial score (nSPS) is 16.8. The first-order chi connectivity index (χ1) is 12.7. The van der Waals surface area contributed by atoms with Gasteiger partial charge in [-0.15, -0.1) is 0 Å². The van der Waals surface area contributed by atoms with Gasteiger partial charge in [-0.25, -0.2) is 4.68 Å². The molecule has 1 saturated heterocycles. The molecule has 2 heterocycles. The van der Waals surface area contributed by atoms with Crippen molar-refractivity contribution in [1.29, 1.82) is 0 Å². The van der Waals surface area contributed by atoms with Gasteiger partial charge in [0.1, 0.15) is 5.52 Å². The Kier molecular flexibility index (Phi) is 5.68. The van der Waals surface area contributed by atoms with E-state index in [-0.39, 0.29) is 0 Å². The van der Waals surface area contributed by atoms with Gasteiger partial charge in [0, 0.05) is 18.1 Å². The summed E-state index contributed by atoms with van der Waals surface area (Å²) in [5.74, 6) is 0.136. The summed E-state index contributed by atoms with van der Waals surface area (Å²) in [6, 6.07) is 14.0. The van der Waals surface area contributed by atoms with Gasteiger partial charge < -0.3 is 11.1 Å². The topological polar surface area (TPSA) is 72.9 Å². The lowest BCUT2D eigenvalue weighted by atomic mass is 9.92. The number of nitrogens with zero attached hydrogens (tertiary/aromatic N) is 2. The van der Waals surface area contributed by atoms with Crippen molar-refractivity contribution in [3.05, 3.63) is 59.8 Å². The van der Waals surface area contributed by atoms with Crippen LogP contribution < -0.4 is 11.1 Å². The number of nitrogens with two attached hydrogens (primary N) is 1. The molecule has 1 aromatic heterocycles. The molecule has 1 unspecified atom stereocenters. The second kappa shape index (κ2) is 8.15. The first kappa shape index (κ1) is 18.1. The van der Waals surface area contributed by atoms with E-state index in [2.05, 4.69) is 34.7 Å². The van der Waals surface area contributed by atoms with Gasteiger partial charge in [0.15, 0.2) is 0 Å². The molecule has 1 aliphatic heterocycles. The molecule has 0 radical (unpaired) electrons. The zero-order chi connectivity index (χ0) is 18.5. The summed E-state index contributed by atoms with van der Waals surface area (Å²) in [4.78, 5) is 11.5. The van der Waals surface area contributed by atoms with Gasteiger partial charge in [-0.05, 0) is 49.1 Å². The summed E-state index contributed by atoms with van der Waals surface area (Å²) >= 11 is 0. The van der Waals surface area contributed by atoms with Gasteiger partial charge >= 0.3 is 0 Å². The molecule has 0 bridgehead atoms.